The third kappa shape index (κ3) is 7.26. The van der Waals surface area contributed by atoms with Gasteiger partial charge in [0.05, 0.1) is 7.11 Å². The third-order valence-corrected chi connectivity index (χ3v) is 6.42. The summed E-state index contributed by atoms with van der Waals surface area (Å²) in [4.78, 5) is 8.16. The second kappa shape index (κ2) is 11.4. The summed E-state index contributed by atoms with van der Waals surface area (Å²) in [5, 5.41) is 7.09. The summed E-state index contributed by atoms with van der Waals surface area (Å²) in [6, 6.07) is 9.36. The van der Waals surface area contributed by atoms with Gasteiger partial charge in [0.15, 0.2) is 5.96 Å². The molecule has 0 aliphatic carbocycles. The van der Waals surface area contributed by atoms with E-state index in [1.54, 1.807) is 7.11 Å². The van der Waals surface area contributed by atoms with Crippen LogP contribution in [0.25, 0.3) is 0 Å². The van der Waals surface area contributed by atoms with E-state index in [9.17, 15) is 0 Å². The molecule has 1 saturated heterocycles. The summed E-state index contributed by atoms with van der Waals surface area (Å²) in [7, 11) is 3.58. The summed E-state index contributed by atoms with van der Waals surface area (Å²) in [5.74, 6) is 3.44. The highest BCUT2D eigenvalue weighted by Gasteiger charge is 2.21. The van der Waals surface area contributed by atoms with Crippen molar-refractivity contribution in [1.29, 1.82) is 0 Å². The van der Waals surface area contributed by atoms with Crippen molar-refractivity contribution in [3.8, 4) is 5.75 Å². The molecule has 1 fully saturated rings. The minimum absolute atomic E-state index is 0.518. The van der Waals surface area contributed by atoms with Gasteiger partial charge < -0.3 is 20.3 Å². The zero-order valence-corrected chi connectivity index (χ0v) is 18.3. The summed E-state index contributed by atoms with van der Waals surface area (Å²) in [6.07, 6.45) is 2.36. The molecule has 1 aromatic carbocycles. The number of rotatable bonds is 8. The average molecular weight is 393 g/mol. The highest BCUT2D eigenvalue weighted by atomic mass is 32.2. The Bertz CT molecular complexity index is 585. The Hall–Kier alpha value is -1.40. The van der Waals surface area contributed by atoms with Gasteiger partial charge in [0.1, 0.15) is 5.75 Å². The van der Waals surface area contributed by atoms with Crippen molar-refractivity contribution in [1.82, 2.24) is 15.5 Å². The molecular formula is C21H36N4OS. The lowest BCUT2D eigenvalue weighted by atomic mass is 10.0. The highest BCUT2D eigenvalue weighted by Crippen LogP contribution is 2.29. The van der Waals surface area contributed by atoms with Crippen LogP contribution in [0.5, 0.6) is 5.75 Å². The Morgan fingerprint density at radius 1 is 1.26 bits per heavy atom. The third-order valence-electron chi connectivity index (χ3n) is 5.03. The van der Waals surface area contributed by atoms with E-state index in [-0.39, 0.29) is 0 Å². The number of nitrogens with one attached hydrogen (secondary N) is 2. The monoisotopic (exact) mass is 392 g/mol. The predicted octanol–water partition coefficient (Wildman–Crippen LogP) is 3.46. The van der Waals surface area contributed by atoms with Crippen molar-refractivity contribution in [3.05, 3.63) is 24.3 Å². The van der Waals surface area contributed by atoms with Crippen LogP contribution in [0.1, 0.15) is 33.6 Å². The van der Waals surface area contributed by atoms with Gasteiger partial charge in [-0.3, -0.25) is 4.99 Å². The molecule has 5 nitrogen and oxygen atoms in total. The molecule has 0 saturated carbocycles. The molecular weight excluding hydrogens is 356 g/mol. The van der Waals surface area contributed by atoms with Crippen molar-refractivity contribution in [2.45, 2.75) is 50.6 Å². The van der Waals surface area contributed by atoms with Gasteiger partial charge in [-0.25, -0.2) is 0 Å². The van der Waals surface area contributed by atoms with Gasteiger partial charge >= 0.3 is 0 Å². The van der Waals surface area contributed by atoms with Crippen LogP contribution >= 0.6 is 11.8 Å². The van der Waals surface area contributed by atoms with Gasteiger partial charge in [0, 0.05) is 49.4 Å². The lowest BCUT2D eigenvalue weighted by Crippen LogP contribution is -2.50. The van der Waals surface area contributed by atoms with Crippen molar-refractivity contribution in [2.24, 2.45) is 10.9 Å². The molecule has 1 atom stereocenters. The molecule has 1 unspecified atom stereocenters. The lowest BCUT2D eigenvalue weighted by Gasteiger charge is -2.35. The second-order valence-corrected chi connectivity index (χ2v) is 8.63. The highest BCUT2D eigenvalue weighted by molar-refractivity contribution is 7.99. The lowest BCUT2D eigenvalue weighted by molar-refractivity contribution is 0.167. The van der Waals surface area contributed by atoms with Crippen LogP contribution in [0.4, 0.5) is 0 Å². The van der Waals surface area contributed by atoms with Crippen LogP contribution in [0.2, 0.25) is 0 Å². The Morgan fingerprint density at radius 3 is 2.59 bits per heavy atom. The molecule has 2 N–H and O–H groups in total. The Balaban J connectivity index is 1.71. The number of ether oxygens (including phenoxy) is 1. The molecule has 1 heterocycles. The van der Waals surface area contributed by atoms with Gasteiger partial charge in [0.25, 0.3) is 0 Å². The minimum Gasteiger partial charge on any atom is -0.496 e. The van der Waals surface area contributed by atoms with E-state index in [0.29, 0.717) is 18.0 Å². The van der Waals surface area contributed by atoms with E-state index >= 15 is 0 Å². The summed E-state index contributed by atoms with van der Waals surface area (Å²) >= 11 is 1.85. The first-order chi connectivity index (χ1) is 13.0. The molecule has 1 aliphatic heterocycles. The van der Waals surface area contributed by atoms with E-state index in [2.05, 4.69) is 53.4 Å². The minimum atomic E-state index is 0.518. The number of para-hydroxylation sites is 1. The van der Waals surface area contributed by atoms with Crippen molar-refractivity contribution >= 4 is 17.7 Å². The van der Waals surface area contributed by atoms with E-state index < -0.39 is 0 Å². The van der Waals surface area contributed by atoms with Crippen LogP contribution in [0.3, 0.4) is 0 Å². The fraction of sp³-hybridized carbons (Fsp3) is 0.667. The molecule has 27 heavy (non-hydrogen) atoms. The van der Waals surface area contributed by atoms with E-state index in [4.69, 9.17) is 4.74 Å². The Kier molecular flexibility index (Phi) is 9.28. The Morgan fingerprint density at radius 2 is 1.96 bits per heavy atom. The van der Waals surface area contributed by atoms with Crippen molar-refractivity contribution < 1.29 is 4.74 Å². The SMILES string of the molecule is CN=C(NCC(C)CSc1ccccc1OC)NC1CCN(C(C)C)CC1. The number of hydrogen-bond donors (Lipinski definition) is 2. The number of guanidine groups is 1. The predicted molar refractivity (Wildman–Crippen MR) is 117 cm³/mol. The number of benzene rings is 1. The molecule has 2 rings (SSSR count). The van der Waals surface area contributed by atoms with Gasteiger partial charge in [-0.1, -0.05) is 19.1 Å². The molecule has 0 spiro atoms. The largest absolute Gasteiger partial charge is 0.496 e. The normalized spacial score (nSPS) is 17.8. The quantitative estimate of drug-likeness (QED) is 0.403. The molecule has 0 aromatic heterocycles. The van der Waals surface area contributed by atoms with E-state index in [1.807, 2.05) is 30.9 Å². The van der Waals surface area contributed by atoms with Crippen LogP contribution < -0.4 is 15.4 Å². The topological polar surface area (TPSA) is 48.9 Å². The fourth-order valence-electron chi connectivity index (χ4n) is 3.25. The standard InChI is InChI=1S/C21H36N4OS/c1-16(2)25-12-10-18(11-13-25)24-21(22-4)23-14-17(3)15-27-20-9-7-6-8-19(20)26-5/h6-9,16-18H,10-15H2,1-5H3,(H2,22,23,24). The molecule has 1 aromatic rings. The number of aliphatic imine (C=N–C) groups is 1. The maximum absolute atomic E-state index is 5.43. The number of nitrogens with zero attached hydrogens (tertiary/aromatic N) is 2. The van der Waals surface area contributed by atoms with Crippen molar-refractivity contribution in [2.75, 3.05) is 39.5 Å². The summed E-state index contributed by atoms with van der Waals surface area (Å²) in [5.41, 5.74) is 0. The van der Waals surface area contributed by atoms with E-state index in [1.165, 1.54) is 17.7 Å². The second-order valence-electron chi connectivity index (χ2n) is 7.57. The summed E-state index contributed by atoms with van der Waals surface area (Å²) in [6.45, 7) is 10.1. The average Bonchev–Trinajstić information content (AvgIpc) is 2.70. The molecule has 152 valence electrons. The fourth-order valence-corrected chi connectivity index (χ4v) is 4.30. The molecule has 0 radical (unpaired) electrons. The maximum Gasteiger partial charge on any atom is 0.191 e. The Labute approximate surface area is 169 Å². The number of likely N-dealkylation sites (tertiary alicyclic amines) is 1. The first kappa shape index (κ1) is 21.9. The molecule has 6 heteroatoms. The number of thioether (sulfide) groups is 1. The molecule has 0 bridgehead atoms. The molecule has 1 aliphatic rings. The first-order valence-corrected chi connectivity index (χ1v) is 11.0. The zero-order valence-electron chi connectivity index (χ0n) is 17.5. The first-order valence-electron chi connectivity index (χ1n) is 10.0. The number of hydrogen-bond acceptors (Lipinski definition) is 4. The summed E-state index contributed by atoms with van der Waals surface area (Å²) < 4.78 is 5.43. The molecule has 0 amide bonds. The maximum atomic E-state index is 5.43. The number of piperidine rings is 1. The smallest absolute Gasteiger partial charge is 0.191 e. The van der Waals surface area contributed by atoms with Crippen LogP contribution in [0.15, 0.2) is 34.2 Å². The number of methoxy groups -OCH3 is 1. The van der Waals surface area contributed by atoms with E-state index in [0.717, 1.165) is 37.1 Å². The van der Waals surface area contributed by atoms with Gasteiger partial charge in [-0.15, -0.1) is 11.8 Å². The van der Waals surface area contributed by atoms with Crippen molar-refractivity contribution in [3.63, 3.8) is 0 Å². The van der Waals surface area contributed by atoms with Crippen LogP contribution in [-0.4, -0.2) is 62.5 Å². The van der Waals surface area contributed by atoms with Gasteiger partial charge in [-0.05, 0) is 44.7 Å². The van der Waals surface area contributed by atoms with Gasteiger partial charge in [-0.2, -0.15) is 0 Å². The van der Waals surface area contributed by atoms with Gasteiger partial charge in [0.2, 0.25) is 0 Å². The van der Waals surface area contributed by atoms with Crippen LogP contribution in [0, 0.1) is 5.92 Å². The zero-order chi connectivity index (χ0) is 19.6. The van der Waals surface area contributed by atoms with Crippen LogP contribution in [-0.2, 0) is 0 Å².